The highest BCUT2D eigenvalue weighted by atomic mass is 79.9. The summed E-state index contributed by atoms with van der Waals surface area (Å²) in [4.78, 5) is 0. The molecule has 0 amide bonds. The lowest BCUT2D eigenvalue weighted by Crippen LogP contribution is -2.22. The van der Waals surface area contributed by atoms with Gasteiger partial charge in [0.05, 0.1) is 6.10 Å². The van der Waals surface area contributed by atoms with Crippen LogP contribution in [-0.2, 0) is 4.74 Å². The third-order valence-corrected chi connectivity index (χ3v) is 4.05. The molecule has 3 heteroatoms. The van der Waals surface area contributed by atoms with E-state index in [0.717, 1.165) is 30.5 Å². The Morgan fingerprint density at radius 2 is 2.17 bits per heavy atom. The lowest BCUT2D eigenvalue weighted by Gasteiger charge is -2.20. The van der Waals surface area contributed by atoms with Crippen LogP contribution in [0.2, 0.25) is 0 Å². The van der Waals surface area contributed by atoms with E-state index in [2.05, 4.69) is 52.4 Å². The maximum atomic E-state index is 5.70. The van der Waals surface area contributed by atoms with E-state index in [9.17, 15) is 0 Å². The van der Waals surface area contributed by atoms with E-state index < -0.39 is 0 Å². The molecule has 100 valence electrons. The molecule has 2 atom stereocenters. The Hall–Kier alpha value is -0.380. The first-order valence-electron chi connectivity index (χ1n) is 6.90. The van der Waals surface area contributed by atoms with Crippen molar-refractivity contribution >= 4 is 15.9 Å². The molecule has 2 unspecified atom stereocenters. The first-order valence-corrected chi connectivity index (χ1v) is 7.69. The van der Waals surface area contributed by atoms with Gasteiger partial charge in [-0.3, -0.25) is 0 Å². The van der Waals surface area contributed by atoms with E-state index in [1.807, 2.05) is 0 Å². The molecule has 1 heterocycles. The Kier molecular flexibility index (Phi) is 5.67. The third-order valence-electron chi connectivity index (χ3n) is 3.52. The molecule has 18 heavy (non-hydrogen) atoms. The molecule has 2 rings (SSSR count). The zero-order valence-corrected chi connectivity index (χ0v) is 12.6. The highest BCUT2D eigenvalue weighted by molar-refractivity contribution is 9.10. The van der Waals surface area contributed by atoms with Gasteiger partial charge >= 0.3 is 0 Å². The second-order valence-electron chi connectivity index (χ2n) is 4.87. The van der Waals surface area contributed by atoms with Gasteiger partial charge in [0.15, 0.2) is 0 Å². The van der Waals surface area contributed by atoms with Crippen molar-refractivity contribution in [1.29, 1.82) is 0 Å². The number of nitrogens with one attached hydrogen (secondary N) is 1. The van der Waals surface area contributed by atoms with Crippen molar-refractivity contribution in [2.45, 2.75) is 44.8 Å². The van der Waals surface area contributed by atoms with Crippen LogP contribution in [0.4, 0.5) is 0 Å². The van der Waals surface area contributed by atoms with Crippen LogP contribution < -0.4 is 5.32 Å². The van der Waals surface area contributed by atoms with Crippen LogP contribution in [0.3, 0.4) is 0 Å². The molecular weight excluding hydrogens is 290 g/mol. The fourth-order valence-corrected chi connectivity index (χ4v) is 2.82. The minimum Gasteiger partial charge on any atom is -0.378 e. The van der Waals surface area contributed by atoms with Crippen LogP contribution in [0.5, 0.6) is 0 Å². The van der Waals surface area contributed by atoms with Gasteiger partial charge in [0.1, 0.15) is 0 Å². The van der Waals surface area contributed by atoms with Gasteiger partial charge in [0, 0.05) is 17.1 Å². The Labute approximate surface area is 118 Å². The van der Waals surface area contributed by atoms with E-state index >= 15 is 0 Å². The van der Waals surface area contributed by atoms with Gasteiger partial charge in [0.2, 0.25) is 0 Å². The molecule has 1 N–H and O–H groups in total. The molecule has 2 nitrogen and oxygen atoms in total. The van der Waals surface area contributed by atoms with Crippen molar-refractivity contribution in [3.05, 3.63) is 34.3 Å². The maximum Gasteiger partial charge on any atom is 0.0576 e. The number of benzene rings is 1. The second kappa shape index (κ2) is 7.27. The van der Waals surface area contributed by atoms with Crippen LogP contribution in [0.25, 0.3) is 0 Å². The van der Waals surface area contributed by atoms with Crippen molar-refractivity contribution in [3.8, 4) is 0 Å². The molecule has 0 radical (unpaired) electrons. The predicted octanol–water partition coefficient (Wildman–Crippen LogP) is 4.06. The summed E-state index contributed by atoms with van der Waals surface area (Å²) in [5.41, 5.74) is 1.37. The van der Waals surface area contributed by atoms with Gasteiger partial charge in [-0.15, -0.1) is 0 Å². The normalized spacial score (nSPS) is 21.1. The first kappa shape index (κ1) is 14.0. The van der Waals surface area contributed by atoms with E-state index in [-0.39, 0.29) is 0 Å². The summed E-state index contributed by atoms with van der Waals surface area (Å²) >= 11 is 3.49. The Balaban J connectivity index is 1.91. The quantitative estimate of drug-likeness (QED) is 0.855. The highest BCUT2D eigenvalue weighted by Gasteiger charge is 2.18. The monoisotopic (exact) mass is 311 g/mol. The minimum absolute atomic E-state index is 0.451. The van der Waals surface area contributed by atoms with E-state index in [1.54, 1.807) is 0 Å². The SMILES string of the molecule is CCNC(CCC1CCCO1)c1ccc(Br)cc1. The van der Waals surface area contributed by atoms with Crippen LogP contribution >= 0.6 is 15.9 Å². The molecule has 0 aromatic heterocycles. The van der Waals surface area contributed by atoms with Crippen molar-refractivity contribution < 1.29 is 4.74 Å². The Morgan fingerprint density at radius 3 is 2.78 bits per heavy atom. The van der Waals surface area contributed by atoms with Gasteiger partial charge in [-0.2, -0.15) is 0 Å². The average Bonchev–Trinajstić information content (AvgIpc) is 2.89. The Bertz CT molecular complexity index is 346. The summed E-state index contributed by atoms with van der Waals surface area (Å²) in [7, 11) is 0. The number of hydrogen-bond acceptors (Lipinski definition) is 2. The highest BCUT2D eigenvalue weighted by Crippen LogP contribution is 2.25. The van der Waals surface area contributed by atoms with E-state index in [4.69, 9.17) is 4.74 Å². The Morgan fingerprint density at radius 1 is 1.39 bits per heavy atom. The van der Waals surface area contributed by atoms with Crippen molar-refractivity contribution in [3.63, 3.8) is 0 Å². The molecule has 0 aliphatic carbocycles. The third kappa shape index (κ3) is 4.08. The molecule has 0 bridgehead atoms. The summed E-state index contributed by atoms with van der Waals surface area (Å²) in [6.45, 7) is 4.12. The minimum atomic E-state index is 0.451. The van der Waals surface area contributed by atoms with Gasteiger partial charge in [0.25, 0.3) is 0 Å². The van der Waals surface area contributed by atoms with E-state index in [0.29, 0.717) is 12.1 Å². The standard InChI is InChI=1S/C15H22BrNO/c1-2-17-15(10-9-14-4-3-11-18-14)12-5-7-13(16)8-6-12/h5-8,14-15,17H,2-4,9-11H2,1H3. The maximum absolute atomic E-state index is 5.70. The molecule has 1 saturated heterocycles. The average molecular weight is 312 g/mol. The van der Waals surface area contributed by atoms with E-state index in [1.165, 1.54) is 18.4 Å². The molecule has 1 fully saturated rings. The van der Waals surface area contributed by atoms with Crippen molar-refractivity contribution in [2.24, 2.45) is 0 Å². The summed E-state index contributed by atoms with van der Waals surface area (Å²) in [6, 6.07) is 9.09. The second-order valence-corrected chi connectivity index (χ2v) is 5.79. The summed E-state index contributed by atoms with van der Waals surface area (Å²) in [5.74, 6) is 0. The molecule has 1 aromatic rings. The molecule has 1 aliphatic rings. The zero-order chi connectivity index (χ0) is 12.8. The van der Waals surface area contributed by atoms with Gasteiger partial charge in [-0.05, 0) is 49.9 Å². The van der Waals surface area contributed by atoms with Crippen LogP contribution in [0.15, 0.2) is 28.7 Å². The van der Waals surface area contributed by atoms with Crippen molar-refractivity contribution in [1.82, 2.24) is 5.32 Å². The largest absolute Gasteiger partial charge is 0.378 e. The number of halogens is 1. The molecule has 0 spiro atoms. The lowest BCUT2D eigenvalue weighted by molar-refractivity contribution is 0.0996. The summed E-state index contributed by atoms with van der Waals surface area (Å²) in [6.07, 6.45) is 5.27. The number of hydrogen-bond donors (Lipinski definition) is 1. The van der Waals surface area contributed by atoms with Crippen LogP contribution in [-0.4, -0.2) is 19.3 Å². The predicted molar refractivity (Wildman–Crippen MR) is 78.8 cm³/mol. The molecule has 1 aliphatic heterocycles. The molecular formula is C15H22BrNO. The summed E-state index contributed by atoms with van der Waals surface area (Å²) in [5, 5.41) is 3.57. The van der Waals surface area contributed by atoms with Crippen molar-refractivity contribution in [2.75, 3.05) is 13.2 Å². The molecule has 1 aromatic carbocycles. The van der Waals surface area contributed by atoms with Gasteiger partial charge < -0.3 is 10.1 Å². The fourth-order valence-electron chi connectivity index (χ4n) is 2.55. The van der Waals surface area contributed by atoms with Crippen LogP contribution in [0, 0.1) is 0 Å². The summed E-state index contributed by atoms with van der Waals surface area (Å²) < 4.78 is 6.84. The zero-order valence-electron chi connectivity index (χ0n) is 11.0. The lowest BCUT2D eigenvalue weighted by atomic mass is 9.99. The van der Waals surface area contributed by atoms with Crippen LogP contribution in [0.1, 0.15) is 44.2 Å². The molecule has 0 saturated carbocycles. The van der Waals surface area contributed by atoms with Gasteiger partial charge in [-0.25, -0.2) is 0 Å². The topological polar surface area (TPSA) is 21.3 Å². The number of ether oxygens (including phenoxy) is 1. The first-order chi connectivity index (χ1) is 8.79. The number of rotatable bonds is 6. The smallest absolute Gasteiger partial charge is 0.0576 e. The van der Waals surface area contributed by atoms with Gasteiger partial charge in [-0.1, -0.05) is 35.0 Å². The fraction of sp³-hybridized carbons (Fsp3) is 0.600.